The lowest BCUT2D eigenvalue weighted by molar-refractivity contribution is 0.555. The van der Waals surface area contributed by atoms with E-state index in [4.69, 9.17) is 4.74 Å². The first-order valence-corrected chi connectivity index (χ1v) is 8.87. The summed E-state index contributed by atoms with van der Waals surface area (Å²) in [5, 5.41) is 3.45. The van der Waals surface area contributed by atoms with Gasteiger partial charge >= 0.3 is 0 Å². The number of nitrogens with zero attached hydrogens (tertiary/aromatic N) is 1. The second kappa shape index (κ2) is 4.99. The Labute approximate surface area is 117 Å². The van der Waals surface area contributed by atoms with Crippen molar-refractivity contribution in [3.05, 3.63) is 29.3 Å². The Bertz CT molecular complexity index is 537. The van der Waals surface area contributed by atoms with Crippen molar-refractivity contribution in [2.24, 2.45) is 4.99 Å². The number of anilines is 1. The summed E-state index contributed by atoms with van der Waals surface area (Å²) in [4.78, 5) is 4.53. The lowest BCUT2D eigenvalue weighted by atomic mass is 9.91. The van der Waals surface area contributed by atoms with Gasteiger partial charge in [0.2, 0.25) is 5.90 Å². The van der Waals surface area contributed by atoms with E-state index in [1.165, 1.54) is 21.4 Å². The summed E-state index contributed by atoms with van der Waals surface area (Å²) in [6.45, 7) is 5.43. The molecule has 0 spiro atoms. The van der Waals surface area contributed by atoms with Gasteiger partial charge in [-0.1, -0.05) is 27.7 Å². The van der Waals surface area contributed by atoms with E-state index >= 15 is 0 Å². The Hall–Kier alpha value is -0.910. The van der Waals surface area contributed by atoms with Gasteiger partial charge in [0.25, 0.3) is 0 Å². The van der Waals surface area contributed by atoms with Crippen LogP contribution in [0.3, 0.4) is 0 Å². The van der Waals surface area contributed by atoms with E-state index < -0.39 is 0 Å². The standard InChI is InChI=1S/C14H17IN2O/c1-9-5-6-16-13-4-3-11(7-12(9)13)14-17-8-15-10(2)18-14/h3-4,7,9,16H,5-6,8H2,1-2H3/t9-/m0/s1. The van der Waals surface area contributed by atoms with Gasteiger partial charge in [-0.3, -0.25) is 0 Å². The van der Waals surface area contributed by atoms with Crippen LogP contribution in [0.15, 0.2) is 23.2 Å². The molecular formula is C14H17IN2O. The average Bonchev–Trinajstić information content (AvgIpc) is 2.39. The summed E-state index contributed by atoms with van der Waals surface area (Å²) in [5.74, 6) is 1.42. The largest absolute Gasteiger partial charge is 0.438 e. The Kier molecular flexibility index (Phi) is 3.37. The fraction of sp³-hybridized carbons (Fsp3) is 0.429. The van der Waals surface area contributed by atoms with Gasteiger partial charge in [0.15, 0.2) is 0 Å². The van der Waals surface area contributed by atoms with Crippen LogP contribution in [0.1, 0.15) is 37.3 Å². The van der Waals surface area contributed by atoms with Crippen molar-refractivity contribution in [3.8, 4) is 0 Å². The molecule has 0 amide bonds. The molecule has 96 valence electrons. The molecule has 2 aliphatic heterocycles. The average molecular weight is 356 g/mol. The van der Waals surface area contributed by atoms with E-state index in [9.17, 15) is 0 Å². The van der Waals surface area contributed by atoms with Gasteiger partial charge in [0.05, 0.1) is 4.55 Å². The minimum absolute atomic E-state index is 0.00829. The Morgan fingerprint density at radius 1 is 1.44 bits per heavy atom. The highest BCUT2D eigenvalue weighted by molar-refractivity contribution is 14.2. The number of hydrogen-bond acceptors (Lipinski definition) is 3. The molecule has 0 saturated heterocycles. The molecule has 1 aromatic rings. The SMILES string of the molecule is CC1=ICN=C(c2ccc3c(c2)[C@@H](C)CCN3)O1. The number of alkyl halides is 1. The second-order valence-electron chi connectivity index (χ2n) is 4.71. The van der Waals surface area contributed by atoms with Gasteiger partial charge < -0.3 is 10.1 Å². The van der Waals surface area contributed by atoms with Crippen molar-refractivity contribution in [1.29, 1.82) is 0 Å². The van der Waals surface area contributed by atoms with Crippen molar-refractivity contribution in [1.82, 2.24) is 0 Å². The molecule has 0 aliphatic carbocycles. The summed E-state index contributed by atoms with van der Waals surface area (Å²) in [5.41, 5.74) is 3.78. The lowest BCUT2D eigenvalue weighted by Gasteiger charge is -2.24. The van der Waals surface area contributed by atoms with E-state index in [0.29, 0.717) is 5.92 Å². The Morgan fingerprint density at radius 3 is 3.17 bits per heavy atom. The van der Waals surface area contributed by atoms with Crippen molar-refractivity contribution in [3.63, 3.8) is 0 Å². The van der Waals surface area contributed by atoms with Gasteiger partial charge in [0.1, 0.15) is 3.69 Å². The smallest absolute Gasteiger partial charge is 0.222 e. The fourth-order valence-electron chi connectivity index (χ4n) is 2.35. The van der Waals surface area contributed by atoms with Gasteiger partial charge in [-0.05, 0) is 43.0 Å². The van der Waals surface area contributed by atoms with E-state index in [1.54, 1.807) is 0 Å². The van der Waals surface area contributed by atoms with Crippen molar-refractivity contribution < 1.29 is 4.74 Å². The predicted molar refractivity (Wildman–Crippen MR) is 85.2 cm³/mol. The van der Waals surface area contributed by atoms with E-state index in [1.807, 2.05) is 0 Å². The molecule has 0 saturated carbocycles. The van der Waals surface area contributed by atoms with Crippen LogP contribution >= 0.6 is 20.7 Å². The van der Waals surface area contributed by atoms with Crippen LogP contribution in [0.5, 0.6) is 0 Å². The summed E-state index contributed by atoms with van der Waals surface area (Å²) >= 11 is 0.00829. The normalized spacial score (nSPS) is 22.7. The molecule has 0 fully saturated rings. The molecule has 1 N–H and O–H groups in total. The van der Waals surface area contributed by atoms with Gasteiger partial charge in [-0.25, -0.2) is 4.99 Å². The van der Waals surface area contributed by atoms with Gasteiger partial charge in [-0.2, -0.15) is 0 Å². The molecule has 1 aromatic carbocycles. The fourth-order valence-corrected chi connectivity index (χ4v) is 3.68. The predicted octanol–water partition coefficient (Wildman–Crippen LogP) is 3.46. The Balaban J connectivity index is 1.95. The molecule has 2 aliphatic rings. The molecule has 1 atom stereocenters. The first-order chi connectivity index (χ1) is 8.74. The van der Waals surface area contributed by atoms with Gasteiger partial charge in [0, 0.05) is 17.8 Å². The third-order valence-electron chi connectivity index (χ3n) is 3.41. The highest BCUT2D eigenvalue weighted by Crippen LogP contribution is 2.32. The molecule has 2 heterocycles. The minimum atomic E-state index is 0.00829. The third kappa shape index (κ3) is 2.30. The number of aliphatic imine (C=N–C) groups is 1. The summed E-state index contributed by atoms with van der Waals surface area (Å²) in [6.07, 6.45) is 1.19. The number of hydrogen-bond donors (Lipinski definition) is 1. The maximum Gasteiger partial charge on any atom is 0.222 e. The van der Waals surface area contributed by atoms with Crippen LogP contribution in [-0.4, -0.2) is 20.7 Å². The number of nitrogens with one attached hydrogen (secondary N) is 1. The zero-order valence-corrected chi connectivity index (χ0v) is 12.8. The number of rotatable bonds is 1. The minimum Gasteiger partial charge on any atom is -0.438 e. The number of ether oxygens (including phenoxy) is 1. The zero-order chi connectivity index (χ0) is 12.5. The molecule has 0 radical (unpaired) electrons. The van der Waals surface area contributed by atoms with Crippen LogP contribution in [0, 0.1) is 0 Å². The molecule has 0 unspecified atom stereocenters. The van der Waals surface area contributed by atoms with Crippen LogP contribution in [0.4, 0.5) is 5.69 Å². The molecule has 3 rings (SSSR count). The van der Waals surface area contributed by atoms with E-state index in [2.05, 4.69) is 42.4 Å². The van der Waals surface area contributed by atoms with Crippen molar-refractivity contribution in [2.75, 3.05) is 16.4 Å². The van der Waals surface area contributed by atoms with Crippen LogP contribution in [-0.2, 0) is 4.74 Å². The topological polar surface area (TPSA) is 33.6 Å². The highest BCUT2D eigenvalue weighted by Gasteiger charge is 2.18. The molecule has 3 nitrogen and oxygen atoms in total. The zero-order valence-electron chi connectivity index (χ0n) is 10.7. The van der Waals surface area contributed by atoms with Crippen LogP contribution < -0.4 is 5.32 Å². The van der Waals surface area contributed by atoms with Crippen LogP contribution in [0.2, 0.25) is 0 Å². The molecule has 4 heteroatoms. The first-order valence-electron chi connectivity index (χ1n) is 6.27. The second-order valence-corrected chi connectivity index (χ2v) is 7.67. The quantitative estimate of drug-likeness (QED) is 0.475. The maximum atomic E-state index is 5.79. The van der Waals surface area contributed by atoms with Crippen LogP contribution in [0.25, 0.3) is 0 Å². The summed E-state index contributed by atoms with van der Waals surface area (Å²) < 4.78 is 7.91. The van der Waals surface area contributed by atoms with E-state index in [0.717, 1.165) is 22.6 Å². The summed E-state index contributed by atoms with van der Waals surface area (Å²) in [7, 11) is 0. The lowest BCUT2D eigenvalue weighted by Crippen LogP contribution is -2.17. The number of benzene rings is 1. The van der Waals surface area contributed by atoms with Gasteiger partial charge in [-0.15, -0.1) is 0 Å². The monoisotopic (exact) mass is 356 g/mol. The highest BCUT2D eigenvalue weighted by atomic mass is 127. The molecule has 0 aromatic heterocycles. The van der Waals surface area contributed by atoms with E-state index in [-0.39, 0.29) is 20.7 Å². The van der Waals surface area contributed by atoms with Crippen molar-refractivity contribution >= 4 is 36.0 Å². The molecule has 18 heavy (non-hydrogen) atoms. The first kappa shape index (κ1) is 12.1. The Morgan fingerprint density at radius 2 is 2.33 bits per heavy atom. The molecule has 0 bridgehead atoms. The third-order valence-corrected chi connectivity index (χ3v) is 5.39. The molecular weight excluding hydrogens is 339 g/mol. The summed E-state index contributed by atoms with van der Waals surface area (Å²) in [6, 6.07) is 6.51. The maximum absolute atomic E-state index is 5.79. The number of fused-ring (bicyclic) bond motifs is 1. The number of halogens is 1. The van der Waals surface area contributed by atoms with Crippen molar-refractivity contribution in [2.45, 2.75) is 26.2 Å².